The summed E-state index contributed by atoms with van der Waals surface area (Å²) < 4.78 is 30.2. The van der Waals surface area contributed by atoms with Gasteiger partial charge in [-0.2, -0.15) is 5.10 Å². The van der Waals surface area contributed by atoms with E-state index in [0.29, 0.717) is 12.1 Å². The van der Waals surface area contributed by atoms with Crippen LogP contribution in [0, 0.1) is 0 Å². The van der Waals surface area contributed by atoms with Crippen LogP contribution in [-0.4, -0.2) is 35.1 Å². The molecule has 35 heavy (non-hydrogen) atoms. The number of nitrogens with one attached hydrogen (secondary N) is 1. The van der Waals surface area contributed by atoms with Crippen LogP contribution in [0.5, 0.6) is 0 Å². The maximum Gasteiger partial charge on any atom is 0.264 e. The lowest BCUT2D eigenvalue weighted by atomic mass is 10.1. The Labute approximate surface area is 204 Å². The van der Waals surface area contributed by atoms with Crippen LogP contribution >= 0.6 is 0 Å². The fraction of sp³-hybridized carbons (Fsp3) is 0.192. The molecular weight excluding hydrogens is 462 g/mol. The third-order valence-electron chi connectivity index (χ3n) is 6.22. The minimum Gasteiger partial charge on any atom is -0.346 e. The smallest absolute Gasteiger partial charge is 0.264 e. The number of nitrogens with zero attached hydrogens (tertiary/aromatic N) is 4. The minimum atomic E-state index is -3.82. The predicted molar refractivity (Wildman–Crippen MR) is 133 cm³/mol. The van der Waals surface area contributed by atoms with Gasteiger partial charge in [-0.1, -0.05) is 36.4 Å². The van der Waals surface area contributed by atoms with Crippen molar-refractivity contribution in [3.63, 3.8) is 0 Å². The lowest BCUT2D eigenvalue weighted by Crippen LogP contribution is -2.36. The number of carbonyl (C=O) groups excluding carboxylic acids is 1. The highest BCUT2D eigenvalue weighted by molar-refractivity contribution is 7.92. The predicted octanol–water partition coefficient (Wildman–Crippen LogP) is 3.90. The van der Waals surface area contributed by atoms with E-state index in [1.165, 1.54) is 22.8 Å². The van der Waals surface area contributed by atoms with Gasteiger partial charge in [0.2, 0.25) is 0 Å². The molecule has 2 atom stereocenters. The summed E-state index contributed by atoms with van der Waals surface area (Å²) in [7, 11) is -3.82. The second-order valence-electron chi connectivity index (χ2n) is 8.64. The summed E-state index contributed by atoms with van der Waals surface area (Å²) in [6, 6.07) is 20.9. The molecule has 0 fully saturated rings. The molecule has 0 saturated heterocycles. The first kappa shape index (κ1) is 22.8. The van der Waals surface area contributed by atoms with Crippen LogP contribution < -0.4 is 9.62 Å². The molecule has 0 bridgehead atoms. The lowest BCUT2D eigenvalue weighted by molar-refractivity contribution is 0.0939. The van der Waals surface area contributed by atoms with Crippen molar-refractivity contribution in [3.05, 3.63) is 102 Å². The molecule has 0 spiro atoms. The number of sulfonamides is 1. The van der Waals surface area contributed by atoms with Crippen molar-refractivity contribution in [1.82, 2.24) is 20.1 Å². The number of fused-ring (bicyclic) bond motifs is 1. The van der Waals surface area contributed by atoms with E-state index in [-0.39, 0.29) is 28.4 Å². The number of amides is 1. The maximum atomic E-state index is 13.5. The van der Waals surface area contributed by atoms with Crippen molar-refractivity contribution >= 4 is 21.6 Å². The monoisotopic (exact) mass is 487 g/mol. The van der Waals surface area contributed by atoms with Gasteiger partial charge in [-0.25, -0.2) is 18.1 Å². The molecule has 8 nitrogen and oxygen atoms in total. The third-order valence-corrected chi connectivity index (χ3v) is 8.15. The zero-order valence-electron chi connectivity index (χ0n) is 19.4. The topological polar surface area (TPSA) is 97.2 Å². The van der Waals surface area contributed by atoms with Crippen molar-refractivity contribution in [2.75, 3.05) is 4.31 Å². The molecule has 1 aromatic heterocycles. The van der Waals surface area contributed by atoms with Crippen LogP contribution in [0.15, 0.2) is 90.3 Å². The molecule has 3 aromatic carbocycles. The van der Waals surface area contributed by atoms with Gasteiger partial charge in [0.05, 0.1) is 22.3 Å². The molecule has 1 N–H and O–H groups in total. The summed E-state index contributed by atoms with van der Waals surface area (Å²) in [5.41, 5.74) is 3.75. The van der Waals surface area contributed by atoms with Crippen molar-refractivity contribution in [3.8, 4) is 5.69 Å². The van der Waals surface area contributed by atoms with Crippen LogP contribution in [-0.2, 0) is 16.4 Å². The van der Waals surface area contributed by atoms with E-state index in [4.69, 9.17) is 0 Å². The van der Waals surface area contributed by atoms with Gasteiger partial charge in [-0.3, -0.25) is 9.10 Å². The van der Waals surface area contributed by atoms with Crippen molar-refractivity contribution in [2.45, 2.75) is 37.2 Å². The Kier molecular flexibility index (Phi) is 5.86. The molecule has 0 radical (unpaired) electrons. The highest BCUT2D eigenvalue weighted by Crippen LogP contribution is 2.36. The van der Waals surface area contributed by atoms with Gasteiger partial charge in [0.1, 0.15) is 12.7 Å². The summed E-state index contributed by atoms with van der Waals surface area (Å²) in [5.74, 6) is -0.343. The van der Waals surface area contributed by atoms with Crippen LogP contribution in [0.4, 0.5) is 5.69 Å². The second-order valence-corrected chi connectivity index (χ2v) is 10.5. The van der Waals surface area contributed by atoms with Gasteiger partial charge in [0.25, 0.3) is 15.9 Å². The van der Waals surface area contributed by atoms with E-state index in [1.54, 1.807) is 23.1 Å². The molecular formula is C26H25N5O3S. The Morgan fingerprint density at radius 1 is 1.06 bits per heavy atom. The molecule has 4 aromatic rings. The van der Waals surface area contributed by atoms with Crippen molar-refractivity contribution in [1.29, 1.82) is 0 Å². The first-order valence-electron chi connectivity index (χ1n) is 11.3. The van der Waals surface area contributed by atoms with Crippen LogP contribution in [0.2, 0.25) is 0 Å². The van der Waals surface area contributed by atoms with Gasteiger partial charge in [0, 0.05) is 11.6 Å². The van der Waals surface area contributed by atoms with E-state index in [1.807, 2.05) is 62.4 Å². The molecule has 5 rings (SSSR count). The number of aromatic nitrogens is 3. The number of benzene rings is 3. The summed E-state index contributed by atoms with van der Waals surface area (Å²) >= 11 is 0. The van der Waals surface area contributed by atoms with Gasteiger partial charge < -0.3 is 5.32 Å². The third kappa shape index (κ3) is 4.30. The quantitative estimate of drug-likeness (QED) is 0.445. The maximum absolute atomic E-state index is 13.5. The van der Waals surface area contributed by atoms with Gasteiger partial charge in [-0.15, -0.1) is 0 Å². The molecule has 0 saturated carbocycles. The summed E-state index contributed by atoms with van der Waals surface area (Å²) in [4.78, 5) is 17.0. The first-order valence-corrected chi connectivity index (χ1v) is 12.8. The van der Waals surface area contributed by atoms with E-state index in [2.05, 4.69) is 15.4 Å². The largest absolute Gasteiger partial charge is 0.346 e. The summed E-state index contributed by atoms with van der Waals surface area (Å²) in [6.07, 6.45) is 3.74. The van der Waals surface area contributed by atoms with E-state index < -0.39 is 10.0 Å². The molecule has 0 aliphatic carbocycles. The molecule has 1 amide bonds. The number of hydrogen-bond acceptors (Lipinski definition) is 5. The Balaban J connectivity index is 1.34. The Hall–Kier alpha value is -3.98. The summed E-state index contributed by atoms with van der Waals surface area (Å²) in [5, 5.41) is 7.06. The number of rotatable bonds is 6. The van der Waals surface area contributed by atoms with Gasteiger partial charge >= 0.3 is 0 Å². The second kappa shape index (κ2) is 8.99. The number of carbonyl (C=O) groups is 1. The van der Waals surface area contributed by atoms with E-state index >= 15 is 0 Å². The fourth-order valence-electron chi connectivity index (χ4n) is 4.44. The standard InChI is InChI=1S/C26H25N5O3S/c1-18-14-21-6-3-4-9-25(21)31(18)35(33,34)24-8-5-7-22(15-24)26(32)29-19(2)20-10-12-23(13-11-20)30-17-27-16-28-30/h3-13,15-19H,14H2,1-2H3,(H,29,32)/t18-,19-/m1/s1. The van der Waals surface area contributed by atoms with Crippen molar-refractivity contribution < 1.29 is 13.2 Å². The SMILES string of the molecule is C[C@@H]1Cc2ccccc2N1S(=O)(=O)c1cccc(C(=O)N[C@H](C)c2ccc(-n3cncn3)cc2)c1. The summed E-state index contributed by atoms with van der Waals surface area (Å²) in [6.45, 7) is 3.77. The Morgan fingerprint density at radius 3 is 2.57 bits per heavy atom. The molecule has 2 heterocycles. The normalized spacial score (nSPS) is 16.1. The van der Waals surface area contributed by atoms with Gasteiger partial charge in [-0.05, 0) is 67.8 Å². The van der Waals surface area contributed by atoms with E-state index in [9.17, 15) is 13.2 Å². The van der Waals surface area contributed by atoms with Crippen LogP contribution in [0.3, 0.4) is 0 Å². The Bertz CT molecular complexity index is 1470. The Morgan fingerprint density at radius 2 is 1.83 bits per heavy atom. The van der Waals surface area contributed by atoms with Crippen molar-refractivity contribution in [2.24, 2.45) is 0 Å². The number of para-hydroxylation sites is 1. The zero-order chi connectivity index (χ0) is 24.6. The van der Waals surface area contributed by atoms with Gasteiger partial charge in [0.15, 0.2) is 0 Å². The first-order chi connectivity index (χ1) is 16.8. The fourth-order valence-corrected chi connectivity index (χ4v) is 6.17. The molecule has 1 aliphatic heterocycles. The highest BCUT2D eigenvalue weighted by atomic mass is 32.2. The number of anilines is 1. The van der Waals surface area contributed by atoms with Crippen LogP contribution in [0.25, 0.3) is 5.69 Å². The molecule has 1 aliphatic rings. The molecule has 0 unspecified atom stereocenters. The molecule has 178 valence electrons. The lowest BCUT2D eigenvalue weighted by Gasteiger charge is -2.24. The highest BCUT2D eigenvalue weighted by Gasteiger charge is 2.36. The minimum absolute atomic E-state index is 0.0959. The zero-order valence-corrected chi connectivity index (χ0v) is 20.2. The molecule has 9 heteroatoms. The average molecular weight is 488 g/mol. The van der Waals surface area contributed by atoms with E-state index in [0.717, 1.165) is 16.8 Å². The van der Waals surface area contributed by atoms with Crippen LogP contribution in [0.1, 0.15) is 41.4 Å². The average Bonchev–Trinajstić information content (AvgIpc) is 3.52. The number of hydrogen-bond donors (Lipinski definition) is 1.